The molecule has 0 unspecified atom stereocenters. The normalized spacial score (nSPS) is 8.67. The SMILES string of the molecule is C#Cc1ccccc1.CCOC(=O)c1cn[nH]n1. The van der Waals surface area contributed by atoms with Crippen LogP contribution in [0.3, 0.4) is 0 Å². The molecule has 0 aliphatic heterocycles. The van der Waals surface area contributed by atoms with Crippen LogP contribution in [0.15, 0.2) is 36.5 Å². The van der Waals surface area contributed by atoms with Gasteiger partial charge in [0, 0.05) is 5.56 Å². The number of H-pyrrole nitrogens is 1. The third-order valence-electron chi connectivity index (χ3n) is 1.84. The molecular formula is C13H13N3O2. The highest BCUT2D eigenvalue weighted by molar-refractivity contribution is 5.86. The van der Waals surface area contributed by atoms with Crippen molar-refractivity contribution in [2.24, 2.45) is 0 Å². The summed E-state index contributed by atoms with van der Waals surface area (Å²) in [6, 6.07) is 9.60. The van der Waals surface area contributed by atoms with E-state index in [-0.39, 0.29) is 5.69 Å². The minimum absolute atomic E-state index is 0.210. The van der Waals surface area contributed by atoms with Crippen molar-refractivity contribution in [2.75, 3.05) is 6.61 Å². The lowest BCUT2D eigenvalue weighted by Crippen LogP contribution is -2.04. The van der Waals surface area contributed by atoms with Crippen LogP contribution in [0.25, 0.3) is 0 Å². The number of hydrogen-bond donors (Lipinski definition) is 1. The number of nitrogens with one attached hydrogen (secondary N) is 1. The van der Waals surface area contributed by atoms with Crippen LogP contribution in [0.4, 0.5) is 0 Å². The number of aromatic amines is 1. The Hall–Kier alpha value is -2.61. The summed E-state index contributed by atoms with van der Waals surface area (Å²) in [5.74, 6) is 2.08. The summed E-state index contributed by atoms with van der Waals surface area (Å²) < 4.78 is 4.62. The molecule has 1 aromatic carbocycles. The van der Waals surface area contributed by atoms with Gasteiger partial charge in [0.1, 0.15) is 0 Å². The van der Waals surface area contributed by atoms with Crippen LogP contribution in [0, 0.1) is 12.3 Å². The molecule has 0 bridgehead atoms. The van der Waals surface area contributed by atoms with Crippen LogP contribution in [0.2, 0.25) is 0 Å². The molecular weight excluding hydrogens is 230 g/mol. The summed E-state index contributed by atoms with van der Waals surface area (Å²) in [5, 5.41) is 9.28. The Kier molecular flexibility index (Phi) is 5.70. The minimum atomic E-state index is -0.448. The Balaban J connectivity index is 0.000000184. The Morgan fingerprint density at radius 2 is 2.17 bits per heavy atom. The molecule has 5 heteroatoms. The van der Waals surface area contributed by atoms with Crippen LogP contribution in [-0.4, -0.2) is 28.0 Å². The molecule has 1 aromatic heterocycles. The van der Waals surface area contributed by atoms with Gasteiger partial charge in [0.2, 0.25) is 0 Å². The van der Waals surface area contributed by atoms with Crippen molar-refractivity contribution >= 4 is 5.97 Å². The molecule has 1 heterocycles. The van der Waals surface area contributed by atoms with Gasteiger partial charge in [-0.3, -0.25) is 0 Å². The number of terminal acetylenes is 1. The van der Waals surface area contributed by atoms with E-state index in [2.05, 4.69) is 26.1 Å². The van der Waals surface area contributed by atoms with E-state index in [1.54, 1.807) is 6.92 Å². The molecule has 0 radical (unpaired) electrons. The number of carbonyl (C=O) groups is 1. The second-order valence-electron chi connectivity index (χ2n) is 3.09. The summed E-state index contributed by atoms with van der Waals surface area (Å²) in [6.45, 7) is 2.09. The molecule has 0 saturated carbocycles. The summed E-state index contributed by atoms with van der Waals surface area (Å²) in [4.78, 5) is 10.8. The van der Waals surface area contributed by atoms with Crippen molar-refractivity contribution in [2.45, 2.75) is 6.92 Å². The molecule has 2 rings (SSSR count). The maximum absolute atomic E-state index is 10.8. The number of benzene rings is 1. The van der Waals surface area contributed by atoms with E-state index in [0.29, 0.717) is 6.61 Å². The summed E-state index contributed by atoms with van der Waals surface area (Å²) in [5.41, 5.74) is 1.15. The van der Waals surface area contributed by atoms with E-state index in [9.17, 15) is 4.79 Å². The molecule has 0 fully saturated rings. The molecule has 0 amide bonds. The zero-order valence-electron chi connectivity index (χ0n) is 9.96. The lowest BCUT2D eigenvalue weighted by atomic mass is 10.2. The average Bonchev–Trinajstić information content (AvgIpc) is 2.95. The molecule has 0 spiro atoms. The number of rotatable bonds is 2. The number of carbonyl (C=O) groups excluding carboxylic acids is 1. The van der Waals surface area contributed by atoms with E-state index >= 15 is 0 Å². The summed E-state index contributed by atoms with van der Waals surface area (Å²) in [7, 11) is 0. The topological polar surface area (TPSA) is 67.9 Å². The molecule has 18 heavy (non-hydrogen) atoms. The largest absolute Gasteiger partial charge is 0.461 e. The van der Waals surface area contributed by atoms with Gasteiger partial charge in [-0.1, -0.05) is 24.1 Å². The van der Waals surface area contributed by atoms with Crippen LogP contribution in [0.1, 0.15) is 23.0 Å². The van der Waals surface area contributed by atoms with Gasteiger partial charge in [0.05, 0.1) is 12.8 Å². The zero-order valence-corrected chi connectivity index (χ0v) is 9.96. The van der Waals surface area contributed by atoms with Gasteiger partial charge in [-0.25, -0.2) is 4.79 Å². The van der Waals surface area contributed by atoms with E-state index < -0.39 is 5.97 Å². The van der Waals surface area contributed by atoms with Crippen molar-refractivity contribution in [3.05, 3.63) is 47.8 Å². The number of aromatic nitrogens is 3. The highest BCUT2D eigenvalue weighted by Gasteiger charge is 2.07. The highest BCUT2D eigenvalue weighted by atomic mass is 16.5. The van der Waals surface area contributed by atoms with Gasteiger partial charge >= 0.3 is 5.97 Å². The fraction of sp³-hybridized carbons (Fsp3) is 0.154. The fourth-order valence-electron chi connectivity index (χ4n) is 1.04. The maximum atomic E-state index is 10.8. The minimum Gasteiger partial charge on any atom is -0.461 e. The number of hydrogen-bond acceptors (Lipinski definition) is 4. The van der Waals surface area contributed by atoms with Gasteiger partial charge in [0.25, 0.3) is 0 Å². The monoisotopic (exact) mass is 243 g/mol. The average molecular weight is 243 g/mol. The molecule has 0 aliphatic rings. The van der Waals surface area contributed by atoms with Crippen molar-refractivity contribution in [1.29, 1.82) is 0 Å². The third-order valence-corrected chi connectivity index (χ3v) is 1.84. The molecule has 0 atom stereocenters. The predicted octanol–water partition coefficient (Wildman–Crippen LogP) is 1.65. The molecule has 92 valence electrons. The lowest BCUT2D eigenvalue weighted by Gasteiger charge is -1.94. The highest BCUT2D eigenvalue weighted by Crippen LogP contribution is 1.93. The first kappa shape index (κ1) is 13.5. The number of ether oxygens (including phenoxy) is 1. The van der Waals surface area contributed by atoms with Crippen molar-refractivity contribution in [3.63, 3.8) is 0 Å². The van der Waals surface area contributed by atoms with E-state index in [1.807, 2.05) is 30.3 Å². The van der Waals surface area contributed by atoms with Gasteiger partial charge in [-0.2, -0.15) is 10.3 Å². The van der Waals surface area contributed by atoms with Crippen LogP contribution < -0.4 is 0 Å². The third kappa shape index (κ3) is 4.49. The van der Waals surface area contributed by atoms with Gasteiger partial charge < -0.3 is 4.74 Å². The van der Waals surface area contributed by atoms with Gasteiger partial charge in [-0.05, 0) is 19.1 Å². The quantitative estimate of drug-likeness (QED) is 0.643. The van der Waals surface area contributed by atoms with Crippen LogP contribution in [-0.2, 0) is 4.74 Å². The molecule has 1 N–H and O–H groups in total. The Bertz CT molecular complexity index is 501. The first-order chi connectivity index (χ1) is 8.77. The maximum Gasteiger partial charge on any atom is 0.360 e. The summed E-state index contributed by atoms with van der Waals surface area (Å²) >= 11 is 0. The van der Waals surface area contributed by atoms with Gasteiger partial charge in [0.15, 0.2) is 5.69 Å². The van der Waals surface area contributed by atoms with Crippen LogP contribution in [0.5, 0.6) is 0 Å². The standard InChI is InChI=1S/C8H6.C5H7N3O2/c1-2-8-6-4-3-5-7-8;1-2-10-5(9)4-3-6-8-7-4/h1,3-7H;3H,2H2,1H3,(H,6,7,8). The zero-order chi connectivity index (χ0) is 13.2. The first-order valence-electron chi connectivity index (χ1n) is 5.32. The molecule has 2 aromatic rings. The molecule has 5 nitrogen and oxygen atoms in total. The van der Waals surface area contributed by atoms with Gasteiger partial charge in [-0.15, -0.1) is 11.5 Å². The van der Waals surface area contributed by atoms with Crippen molar-refractivity contribution < 1.29 is 9.53 Å². The molecule has 0 saturated heterocycles. The fourth-order valence-corrected chi connectivity index (χ4v) is 1.04. The van der Waals surface area contributed by atoms with E-state index in [4.69, 9.17) is 6.42 Å². The predicted molar refractivity (Wildman–Crippen MR) is 66.7 cm³/mol. The van der Waals surface area contributed by atoms with Crippen LogP contribution >= 0.6 is 0 Å². The Morgan fingerprint density at radius 1 is 1.44 bits per heavy atom. The smallest absolute Gasteiger partial charge is 0.360 e. The summed E-state index contributed by atoms with van der Waals surface area (Å²) in [6.07, 6.45) is 6.42. The second-order valence-corrected chi connectivity index (χ2v) is 3.09. The number of nitrogens with zero attached hydrogens (tertiary/aromatic N) is 2. The second kappa shape index (κ2) is 7.63. The van der Waals surface area contributed by atoms with Crippen molar-refractivity contribution in [1.82, 2.24) is 15.4 Å². The lowest BCUT2D eigenvalue weighted by molar-refractivity contribution is 0.0519. The van der Waals surface area contributed by atoms with E-state index in [0.717, 1.165) is 5.56 Å². The Morgan fingerprint density at radius 3 is 2.61 bits per heavy atom. The molecule has 0 aliphatic carbocycles. The first-order valence-corrected chi connectivity index (χ1v) is 5.32. The van der Waals surface area contributed by atoms with Crippen molar-refractivity contribution in [3.8, 4) is 12.3 Å². The van der Waals surface area contributed by atoms with E-state index in [1.165, 1.54) is 6.20 Å². The Labute approximate surface area is 105 Å². The number of esters is 1.